The highest BCUT2D eigenvalue weighted by atomic mass is 32.2. The molecule has 2 aliphatic rings. The van der Waals surface area contributed by atoms with Crippen molar-refractivity contribution in [2.24, 2.45) is 11.8 Å². The van der Waals surface area contributed by atoms with Crippen molar-refractivity contribution in [3.05, 3.63) is 41.6 Å². The Morgan fingerprint density at radius 3 is 2.44 bits per heavy atom. The van der Waals surface area contributed by atoms with Gasteiger partial charge in [-0.05, 0) is 37.3 Å². The van der Waals surface area contributed by atoms with Crippen molar-refractivity contribution in [2.45, 2.75) is 62.4 Å². The van der Waals surface area contributed by atoms with Crippen molar-refractivity contribution in [3.8, 4) is 0 Å². The number of benzene rings is 1. The first kappa shape index (κ1) is 24.7. The lowest BCUT2D eigenvalue weighted by Gasteiger charge is -2.31. The minimum Gasteiger partial charge on any atom is -0.309 e. The highest BCUT2D eigenvalue weighted by Gasteiger charge is 2.40. The van der Waals surface area contributed by atoms with Crippen molar-refractivity contribution in [1.82, 2.24) is 14.5 Å². The minimum atomic E-state index is -4.78. The molecule has 7 nitrogen and oxygen atoms in total. The Hall–Kier alpha value is -2.40. The Bertz CT molecular complexity index is 1100. The number of hydrogen-bond donors (Lipinski definition) is 2. The zero-order chi connectivity index (χ0) is 24.3. The quantitative estimate of drug-likeness (QED) is 0.609. The van der Waals surface area contributed by atoms with E-state index in [2.05, 4.69) is 15.5 Å². The van der Waals surface area contributed by atoms with Gasteiger partial charge < -0.3 is 5.32 Å². The van der Waals surface area contributed by atoms with Crippen LogP contribution < -0.4 is 5.32 Å². The third kappa shape index (κ3) is 5.63. The van der Waals surface area contributed by atoms with Crippen LogP contribution in [0.25, 0.3) is 0 Å². The Kier molecular flexibility index (Phi) is 7.32. The van der Waals surface area contributed by atoms with Gasteiger partial charge in [-0.25, -0.2) is 8.42 Å². The lowest BCUT2D eigenvalue weighted by Crippen LogP contribution is -2.41. The van der Waals surface area contributed by atoms with E-state index in [0.717, 1.165) is 34.6 Å². The molecule has 2 aromatic rings. The summed E-state index contributed by atoms with van der Waals surface area (Å²) in [5.41, 5.74) is -0.205. The number of alkyl halides is 3. The molecule has 1 aliphatic carbocycles. The van der Waals surface area contributed by atoms with Crippen LogP contribution in [0.5, 0.6) is 0 Å². The van der Waals surface area contributed by atoms with E-state index in [1.54, 1.807) is 0 Å². The normalized spacial score (nSPS) is 19.3. The van der Waals surface area contributed by atoms with Gasteiger partial charge in [0.1, 0.15) is 0 Å². The fourth-order valence-electron chi connectivity index (χ4n) is 4.88. The zero-order valence-corrected chi connectivity index (χ0v) is 19.6. The molecule has 1 aromatic heterocycles. The van der Waals surface area contributed by atoms with E-state index in [9.17, 15) is 26.4 Å². The van der Waals surface area contributed by atoms with Gasteiger partial charge in [0.05, 0.1) is 10.5 Å². The Morgan fingerprint density at radius 2 is 1.76 bits per heavy atom. The van der Waals surface area contributed by atoms with Gasteiger partial charge in [0.25, 0.3) is 0 Å². The van der Waals surface area contributed by atoms with Crippen LogP contribution in [0, 0.1) is 11.8 Å². The number of amides is 1. The maximum atomic E-state index is 13.3. The molecule has 2 fully saturated rings. The third-order valence-electron chi connectivity index (χ3n) is 6.75. The molecule has 0 radical (unpaired) electrons. The van der Waals surface area contributed by atoms with Crippen LogP contribution in [0.4, 0.5) is 19.0 Å². The second kappa shape index (κ2) is 10.1. The van der Waals surface area contributed by atoms with Gasteiger partial charge in [0, 0.05) is 30.8 Å². The van der Waals surface area contributed by atoms with E-state index in [0.29, 0.717) is 11.7 Å². The fraction of sp³-hybridized carbons (Fsp3) is 0.565. The fourth-order valence-corrected chi connectivity index (χ4v) is 6.57. The maximum absolute atomic E-state index is 13.3. The molecule has 0 bridgehead atoms. The number of aromatic amines is 1. The van der Waals surface area contributed by atoms with Crippen LogP contribution in [0.3, 0.4) is 0 Å². The zero-order valence-electron chi connectivity index (χ0n) is 18.8. The number of rotatable bonds is 6. The molecule has 2 heterocycles. The van der Waals surface area contributed by atoms with Crippen molar-refractivity contribution >= 4 is 21.7 Å². The summed E-state index contributed by atoms with van der Waals surface area (Å²) in [6.45, 7) is -0.0553. The summed E-state index contributed by atoms with van der Waals surface area (Å²) in [6.07, 6.45) is 2.76. The second-order valence-electron chi connectivity index (χ2n) is 9.15. The number of H-pyrrole nitrogens is 1. The molecule has 4 rings (SSSR count). The first-order chi connectivity index (χ1) is 16.1. The summed E-state index contributed by atoms with van der Waals surface area (Å²) in [6, 6.07) is 6.00. The molecule has 0 atom stereocenters. The molecule has 1 amide bonds. The highest BCUT2D eigenvalue weighted by Crippen LogP contribution is 2.36. The Morgan fingerprint density at radius 1 is 1.09 bits per heavy atom. The van der Waals surface area contributed by atoms with Crippen molar-refractivity contribution < 1.29 is 26.4 Å². The van der Waals surface area contributed by atoms with Crippen molar-refractivity contribution in [1.29, 1.82) is 0 Å². The van der Waals surface area contributed by atoms with Crippen LogP contribution in [-0.2, 0) is 27.4 Å². The average Bonchev–Trinajstić information content (AvgIpc) is 3.25. The summed E-state index contributed by atoms with van der Waals surface area (Å²) in [5.74, 6) is 0.364. The summed E-state index contributed by atoms with van der Waals surface area (Å²) in [5, 5.41) is 9.94. The smallest absolute Gasteiger partial charge is 0.309 e. The predicted molar refractivity (Wildman–Crippen MR) is 120 cm³/mol. The number of carbonyl (C=O) groups is 1. The van der Waals surface area contributed by atoms with E-state index in [1.807, 2.05) is 6.07 Å². The number of anilines is 1. The number of halogens is 3. The number of hydrogen-bond acceptors (Lipinski definition) is 4. The predicted octanol–water partition coefficient (Wildman–Crippen LogP) is 4.59. The van der Waals surface area contributed by atoms with Gasteiger partial charge in [0.2, 0.25) is 15.9 Å². The molecule has 1 aliphatic heterocycles. The molecular weight excluding hydrogens is 469 g/mol. The van der Waals surface area contributed by atoms with Crippen LogP contribution in [0.2, 0.25) is 0 Å². The van der Waals surface area contributed by atoms with Crippen LogP contribution in [0.15, 0.2) is 35.2 Å². The molecule has 34 heavy (non-hydrogen) atoms. The topological polar surface area (TPSA) is 95.2 Å². The lowest BCUT2D eigenvalue weighted by molar-refractivity contribution is -0.139. The van der Waals surface area contributed by atoms with E-state index in [1.165, 1.54) is 38.2 Å². The van der Waals surface area contributed by atoms with Crippen molar-refractivity contribution in [3.63, 3.8) is 0 Å². The van der Waals surface area contributed by atoms with E-state index < -0.39 is 32.6 Å². The first-order valence-electron chi connectivity index (χ1n) is 11.7. The van der Waals surface area contributed by atoms with Gasteiger partial charge >= 0.3 is 6.18 Å². The number of nitrogens with one attached hydrogen (secondary N) is 2. The minimum absolute atomic E-state index is 0.0277. The number of carbonyl (C=O) groups excluding carboxylic acids is 1. The molecule has 2 N–H and O–H groups in total. The van der Waals surface area contributed by atoms with Gasteiger partial charge in [-0.2, -0.15) is 22.6 Å². The molecule has 1 aromatic carbocycles. The van der Waals surface area contributed by atoms with E-state index >= 15 is 0 Å². The number of piperidine rings is 1. The molecule has 0 spiro atoms. The average molecular weight is 499 g/mol. The van der Waals surface area contributed by atoms with Gasteiger partial charge in [-0.1, -0.05) is 44.2 Å². The summed E-state index contributed by atoms with van der Waals surface area (Å²) >= 11 is 0. The summed E-state index contributed by atoms with van der Waals surface area (Å²) < 4.78 is 66.8. The Balaban J connectivity index is 1.34. The largest absolute Gasteiger partial charge is 0.417 e. The van der Waals surface area contributed by atoms with Crippen LogP contribution >= 0.6 is 0 Å². The lowest BCUT2D eigenvalue weighted by atomic mass is 9.86. The van der Waals surface area contributed by atoms with Gasteiger partial charge in [-0.15, -0.1) is 0 Å². The standard InChI is InChI=1S/C23H29F3N4O3S/c24-23(25,26)19-8-4-5-9-20(19)34(32,33)30-12-10-17(11-13-30)22(31)27-21-15-18(28-29-21)14-16-6-2-1-3-7-16/h4-5,8-9,15-17H,1-3,6-7,10-14H2,(H2,27,28,29,31). The van der Waals surface area contributed by atoms with Gasteiger partial charge in [0.15, 0.2) is 5.82 Å². The molecule has 1 saturated heterocycles. The second-order valence-corrected chi connectivity index (χ2v) is 11.1. The summed E-state index contributed by atoms with van der Waals surface area (Å²) in [4.78, 5) is 11.9. The third-order valence-corrected chi connectivity index (χ3v) is 8.71. The molecule has 1 saturated carbocycles. The number of nitrogens with zero attached hydrogens (tertiary/aromatic N) is 2. The van der Waals surface area contributed by atoms with E-state index in [-0.39, 0.29) is 31.8 Å². The van der Waals surface area contributed by atoms with Crippen LogP contribution in [0.1, 0.15) is 56.2 Å². The highest BCUT2D eigenvalue weighted by molar-refractivity contribution is 7.89. The number of aromatic nitrogens is 2. The summed E-state index contributed by atoms with van der Waals surface area (Å²) in [7, 11) is -4.33. The monoisotopic (exact) mass is 498 g/mol. The van der Waals surface area contributed by atoms with E-state index in [4.69, 9.17) is 0 Å². The molecule has 11 heteroatoms. The van der Waals surface area contributed by atoms with Gasteiger partial charge in [-0.3, -0.25) is 9.89 Å². The Labute approximate surface area is 197 Å². The SMILES string of the molecule is O=C(Nc1cc(CC2CCCCC2)[nH]n1)C1CCN(S(=O)(=O)c2ccccc2C(F)(F)F)CC1. The maximum Gasteiger partial charge on any atom is 0.417 e. The van der Waals surface area contributed by atoms with Crippen LogP contribution in [-0.4, -0.2) is 41.9 Å². The van der Waals surface area contributed by atoms with Crippen molar-refractivity contribution in [2.75, 3.05) is 18.4 Å². The molecule has 186 valence electrons. The molecular formula is C23H29F3N4O3S. The first-order valence-corrected chi connectivity index (χ1v) is 13.1. The molecule has 0 unspecified atom stereocenters. The number of sulfonamides is 1.